The number of anilines is 1. The van der Waals surface area contributed by atoms with Crippen molar-refractivity contribution in [2.45, 2.75) is 40.0 Å². The van der Waals surface area contributed by atoms with Gasteiger partial charge in [-0.3, -0.25) is 9.36 Å². The first-order valence-corrected chi connectivity index (χ1v) is 9.43. The molecule has 25 heavy (non-hydrogen) atoms. The van der Waals surface area contributed by atoms with Gasteiger partial charge in [0, 0.05) is 22.5 Å². The van der Waals surface area contributed by atoms with E-state index in [1.807, 2.05) is 17.5 Å². The topological polar surface area (TPSA) is 46.9 Å². The summed E-state index contributed by atoms with van der Waals surface area (Å²) in [6.45, 7) is 6.28. The molecular formula is C20H23N3OS. The molecule has 1 amide bonds. The second kappa shape index (κ2) is 7.66. The molecule has 0 atom stereocenters. The molecule has 0 bridgehead atoms. The first kappa shape index (κ1) is 17.4. The van der Waals surface area contributed by atoms with Gasteiger partial charge in [0.25, 0.3) is 0 Å². The normalized spacial score (nSPS) is 10.8. The highest BCUT2D eigenvalue weighted by Crippen LogP contribution is 2.21. The van der Waals surface area contributed by atoms with Gasteiger partial charge in [0.1, 0.15) is 0 Å². The number of hydrogen-bond donors (Lipinski definition) is 1. The van der Waals surface area contributed by atoms with E-state index in [0.717, 1.165) is 40.7 Å². The molecule has 3 rings (SSSR count). The Morgan fingerprint density at radius 3 is 2.44 bits per heavy atom. The molecule has 3 aromatic rings. The molecule has 0 saturated heterocycles. The number of thiazole rings is 1. The Labute approximate surface area is 152 Å². The summed E-state index contributed by atoms with van der Waals surface area (Å²) in [4.78, 5) is 16.9. The summed E-state index contributed by atoms with van der Waals surface area (Å²) in [6.07, 6.45) is 2.47. The zero-order chi connectivity index (χ0) is 17.8. The van der Waals surface area contributed by atoms with Gasteiger partial charge in [-0.05, 0) is 50.1 Å². The van der Waals surface area contributed by atoms with Gasteiger partial charge in [-0.25, -0.2) is 4.98 Å². The van der Waals surface area contributed by atoms with Crippen LogP contribution in [0.4, 0.5) is 5.69 Å². The minimum absolute atomic E-state index is 0.0407. The second-order valence-corrected chi connectivity index (χ2v) is 7.08. The van der Waals surface area contributed by atoms with Gasteiger partial charge >= 0.3 is 0 Å². The van der Waals surface area contributed by atoms with Crippen molar-refractivity contribution < 1.29 is 4.79 Å². The van der Waals surface area contributed by atoms with E-state index in [4.69, 9.17) is 0 Å². The molecular weight excluding hydrogens is 330 g/mol. The Morgan fingerprint density at radius 1 is 1.12 bits per heavy atom. The third-order valence-corrected chi connectivity index (χ3v) is 4.99. The van der Waals surface area contributed by atoms with Crippen LogP contribution in [-0.4, -0.2) is 15.5 Å². The quantitative estimate of drug-likeness (QED) is 0.699. The third kappa shape index (κ3) is 4.17. The summed E-state index contributed by atoms with van der Waals surface area (Å²) in [5, 5.41) is 5.81. The lowest BCUT2D eigenvalue weighted by Crippen LogP contribution is -2.14. The van der Waals surface area contributed by atoms with Crippen molar-refractivity contribution in [3.63, 3.8) is 0 Å². The molecule has 0 saturated carbocycles. The van der Waals surface area contributed by atoms with Crippen molar-refractivity contribution in [3.8, 4) is 5.13 Å². The first-order chi connectivity index (χ1) is 12.1. The molecule has 0 spiro atoms. The number of aryl methyl sites for hydroxylation is 3. The monoisotopic (exact) mass is 353 g/mol. The van der Waals surface area contributed by atoms with Gasteiger partial charge in [-0.2, -0.15) is 0 Å². The van der Waals surface area contributed by atoms with Gasteiger partial charge in [0.2, 0.25) is 5.91 Å². The molecule has 0 radical (unpaired) electrons. The average molecular weight is 353 g/mol. The smallest absolute Gasteiger partial charge is 0.230 e. The van der Waals surface area contributed by atoms with Crippen molar-refractivity contribution >= 4 is 22.9 Å². The van der Waals surface area contributed by atoms with Crippen LogP contribution in [0.5, 0.6) is 0 Å². The van der Waals surface area contributed by atoms with Crippen molar-refractivity contribution in [3.05, 3.63) is 64.4 Å². The van der Waals surface area contributed by atoms with Crippen LogP contribution in [0.25, 0.3) is 5.13 Å². The Kier molecular flexibility index (Phi) is 5.34. The summed E-state index contributed by atoms with van der Waals surface area (Å²) in [6, 6.07) is 12.2. The van der Waals surface area contributed by atoms with Crippen molar-refractivity contribution in [2.75, 3.05) is 5.32 Å². The highest BCUT2D eigenvalue weighted by molar-refractivity contribution is 7.12. The van der Waals surface area contributed by atoms with E-state index in [0.29, 0.717) is 0 Å². The molecule has 0 aliphatic rings. The van der Waals surface area contributed by atoms with Crippen LogP contribution in [0.2, 0.25) is 0 Å². The molecule has 0 aliphatic heterocycles. The van der Waals surface area contributed by atoms with Crippen LogP contribution in [0.3, 0.4) is 0 Å². The van der Waals surface area contributed by atoms with Gasteiger partial charge in [-0.1, -0.05) is 25.5 Å². The largest absolute Gasteiger partial charge is 0.326 e. The number of carbonyl (C=O) groups excluding carboxylic acids is 1. The highest BCUT2D eigenvalue weighted by atomic mass is 32.1. The number of hydrogen-bond acceptors (Lipinski definition) is 3. The average Bonchev–Trinajstić information content (AvgIpc) is 3.16. The van der Waals surface area contributed by atoms with Gasteiger partial charge in [0.15, 0.2) is 5.13 Å². The van der Waals surface area contributed by atoms with E-state index in [1.165, 1.54) is 5.56 Å². The van der Waals surface area contributed by atoms with E-state index >= 15 is 0 Å². The van der Waals surface area contributed by atoms with E-state index in [9.17, 15) is 4.79 Å². The van der Waals surface area contributed by atoms with E-state index in [2.05, 4.69) is 59.9 Å². The Balaban J connectivity index is 1.64. The van der Waals surface area contributed by atoms with E-state index in [1.54, 1.807) is 11.3 Å². The number of nitrogens with zero attached hydrogens (tertiary/aromatic N) is 2. The van der Waals surface area contributed by atoms with Crippen LogP contribution in [0, 0.1) is 13.8 Å². The van der Waals surface area contributed by atoms with Crippen LogP contribution in [-0.2, 0) is 17.6 Å². The number of benzene rings is 1. The SMILES string of the molecule is CCCc1ccc(NC(=O)Cc2csc(-n3c(C)ccc3C)n2)cc1. The fourth-order valence-electron chi connectivity index (χ4n) is 2.86. The van der Waals surface area contributed by atoms with Crippen molar-refractivity contribution in [1.82, 2.24) is 9.55 Å². The maximum absolute atomic E-state index is 12.3. The minimum atomic E-state index is -0.0407. The molecule has 0 unspecified atom stereocenters. The summed E-state index contributed by atoms with van der Waals surface area (Å²) in [5.74, 6) is -0.0407. The lowest BCUT2D eigenvalue weighted by Gasteiger charge is -2.06. The number of amides is 1. The lowest BCUT2D eigenvalue weighted by atomic mass is 10.1. The highest BCUT2D eigenvalue weighted by Gasteiger charge is 2.11. The minimum Gasteiger partial charge on any atom is -0.326 e. The molecule has 0 fully saturated rings. The maximum atomic E-state index is 12.3. The third-order valence-electron chi connectivity index (χ3n) is 4.12. The molecule has 0 aliphatic carbocycles. The second-order valence-electron chi connectivity index (χ2n) is 6.24. The zero-order valence-electron chi connectivity index (χ0n) is 14.9. The fourth-order valence-corrected chi connectivity index (χ4v) is 3.80. The van der Waals surface area contributed by atoms with Crippen LogP contribution < -0.4 is 5.32 Å². The summed E-state index contributed by atoms with van der Waals surface area (Å²) in [7, 11) is 0. The number of rotatable bonds is 6. The number of aromatic nitrogens is 2. The van der Waals surface area contributed by atoms with Crippen LogP contribution in [0.1, 0.15) is 36.0 Å². The standard InChI is InChI=1S/C20H23N3OS/c1-4-5-16-8-10-17(11-9-16)21-19(24)12-18-13-25-20(22-18)23-14(2)6-7-15(23)3/h6-11,13H,4-5,12H2,1-3H3,(H,21,24). The summed E-state index contributed by atoms with van der Waals surface area (Å²) in [5.41, 5.74) is 5.22. The summed E-state index contributed by atoms with van der Waals surface area (Å²) >= 11 is 1.56. The summed E-state index contributed by atoms with van der Waals surface area (Å²) < 4.78 is 2.11. The molecule has 1 N–H and O–H groups in total. The molecule has 2 aromatic heterocycles. The molecule has 5 heteroatoms. The molecule has 1 aromatic carbocycles. The Bertz CT molecular complexity index is 842. The van der Waals surface area contributed by atoms with Crippen molar-refractivity contribution in [1.29, 1.82) is 0 Å². The fraction of sp³-hybridized carbons (Fsp3) is 0.300. The van der Waals surface area contributed by atoms with Gasteiger partial charge < -0.3 is 5.32 Å². The first-order valence-electron chi connectivity index (χ1n) is 8.55. The number of carbonyl (C=O) groups is 1. The molecule has 2 heterocycles. The van der Waals surface area contributed by atoms with Crippen LogP contribution >= 0.6 is 11.3 Å². The van der Waals surface area contributed by atoms with Gasteiger partial charge in [-0.15, -0.1) is 11.3 Å². The zero-order valence-corrected chi connectivity index (χ0v) is 15.7. The lowest BCUT2D eigenvalue weighted by molar-refractivity contribution is -0.115. The maximum Gasteiger partial charge on any atom is 0.230 e. The van der Waals surface area contributed by atoms with Gasteiger partial charge in [0.05, 0.1) is 12.1 Å². The van der Waals surface area contributed by atoms with Crippen molar-refractivity contribution in [2.24, 2.45) is 0 Å². The van der Waals surface area contributed by atoms with E-state index < -0.39 is 0 Å². The van der Waals surface area contributed by atoms with Crippen LogP contribution in [0.15, 0.2) is 41.8 Å². The molecule has 4 nitrogen and oxygen atoms in total. The molecule has 130 valence electrons. The predicted octanol–water partition coefficient (Wildman–Crippen LogP) is 4.68. The predicted molar refractivity (Wildman–Crippen MR) is 104 cm³/mol. The van der Waals surface area contributed by atoms with E-state index in [-0.39, 0.29) is 12.3 Å². The Morgan fingerprint density at radius 2 is 1.80 bits per heavy atom. The number of nitrogens with one attached hydrogen (secondary N) is 1. The Hall–Kier alpha value is -2.40.